The van der Waals surface area contributed by atoms with Crippen LogP contribution in [0.25, 0.3) is 0 Å². The van der Waals surface area contributed by atoms with Crippen molar-refractivity contribution in [2.24, 2.45) is 11.3 Å². The summed E-state index contributed by atoms with van der Waals surface area (Å²) in [5, 5.41) is 6.03. The lowest BCUT2D eigenvalue weighted by Gasteiger charge is -2.10. The summed E-state index contributed by atoms with van der Waals surface area (Å²) in [5.74, 6) is 0.562. The summed E-state index contributed by atoms with van der Waals surface area (Å²) in [4.78, 5) is 16.3. The number of hydrogen-bond acceptors (Lipinski definition) is 3. The van der Waals surface area contributed by atoms with Crippen LogP contribution < -0.4 is 10.6 Å². The maximum Gasteiger partial charge on any atom is 0.254 e. The van der Waals surface area contributed by atoms with Gasteiger partial charge in [-0.2, -0.15) is 0 Å². The Morgan fingerprint density at radius 1 is 1.56 bits per heavy atom. The lowest BCUT2D eigenvalue weighted by Crippen LogP contribution is -2.27. The summed E-state index contributed by atoms with van der Waals surface area (Å²) >= 11 is 0. The summed E-state index contributed by atoms with van der Waals surface area (Å²) in [6.45, 7) is 7.13. The van der Waals surface area contributed by atoms with E-state index in [4.69, 9.17) is 0 Å². The summed E-state index contributed by atoms with van der Waals surface area (Å²) in [6.07, 6.45) is 2.83. The van der Waals surface area contributed by atoms with Crippen LogP contribution in [-0.2, 0) is 0 Å². The van der Waals surface area contributed by atoms with E-state index in [1.807, 2.05) is 20.0 Å². The number of rotatable bonds is 4. The third kappa shape index (κ3) is 2.63. The van der Waals surface area contributed by atoms with Crippen molar-refractivity contribution in [1.82, 2.24) is 10.3 Å². The van der Waals surface area contributed by atoms with Crippen molar-refractivity contribution in [3.05, 3.63) is 23.5 Å². The maximum absolute atomic E-state index is 12.1. The van der Waals surface area contributed by atoms with E-state index in [0.717, 1.165) is 17.9 Å². The van der Waals surface area contributed by atoms with E-state index in [2.05, 4.69) is 29.5 Å². The number of nitrogens with zero attached hydrogens (tertiary/aromatic N) is 1. The average molecular weight is 247 g/mol. The van der Waals surface area contributed by atoms with Crippen LogP contribution in [0.2, 0.25) is 0 Å². The van der Waals surface area contributed by atoms with Gasteiger partial charge in [0.1, 0.15) is 0 Å². The summed E-state index contributed by atoms with van der Waals surface area (Å²) < 4.78 is 0. The fourth-order valence-corrected chi connectivity index (χ4v) is 2.18. The highest BCUT2D eigenvalue weighted by atomic mass is 16.1. The van der Waals surface area contributed by atoms with E-state index in [1.165, 1.54) is 6.42 Å². The number of carbonyl (C=O) groups is 1. The summed E-state index contributed by atoms with van der Waals surface area (Å²) in [5.41, 5.74) is 2.74. The van der Waals surface area contributed by atoms with E-state index >= 15 is 0 Å². The topological polar surface area (TPSA) is 54.0 Å². The first-order valence-electron chi connectivity index (χ1n) is 6.36. The van der Waals surface area contributed by atoms with Gasteiger partial charge in [0.15, 0.2) is 0 Å². The van der Waals surface area contributed by atoms with Crippen LogP contribution in [0.4, 0.5) is 5.69 Å². The molecule has 1 aromatic heterocycles. The molecule has 2 N–H and O–H groups in total. The highest BCUT2D eigenvalue weighted by Gasteiger charge is 2.45. The van der Waals surface area contributed by atoms with E-state index in [1.54, 1.807) is 6.20 Å². The SMILES string of the molecule is CNc1cc(C)ncc1C(=O)NCC1CC1(C)C. The molecule has 1 saturated carbocycles. The van der Waals surface area contributed by atoms with Crippen LogP contribution in [0.3, 0.4) is 0 Å². The van der Waals surface area contributed by atoms with Crippen LogP contribution in [0.15, 0.2) is 12.3 Å². The van der Waals surface area contributed by atoms with Gasteiger partial charge in [0.05, 0.1) is 11.3 Å². The number of anilines is 1. The third-order valence-corrected chi connectivity index (χ3v) is 3.78. The zero-order valence-corrected chi connectivity index (χ0v) is 11.5. The Bertz CT molecular complexity index is 468. The monoisotopic (exact) mass is 247 g/mol. The van der Waals surface area contributed by atoms with E-state index in [0.29, 0.717) is 16.9 Å². The molecular formula is C14H21N3O. The third-order valence-electron chi connectivity index (χ3n) is 3.78. The predicted molar refractivity (Wildman–Crippen MR) is 72.7 cm³/mol. The molecule has 1 unspecified atom stereocenters. The van der Waals surface area contributed by atoms with Crippen molar-refractivity contribution in [3.63, 3.8) is 0 Å². The zero-order chi connectivity index (χ0) is 13.3. The van der Waals surface area contributed by atoms with Crippen LogP contribution >= 0.6 is 0 Å². The quantitative estimate of drug-likeness (QED) is 0.857. The Hall–Kier alpha value is -1.58. The largest absolute Gasteiger partial charge is 0.387 e. The standard InChI is InChI=1S/C14H21N3O/c1-9-5-12(15-4)11(8-16-9)13(18)17-7-10-6-14(10,2)3/h5,8,10H,6-7H2,1-4H3,(H,15,16)(H,17,18). The summed E-state index contributed by atoms with van der Waals surface area (Å²) in [6, 6.07) is 1.88. The fraction of sp³-hybridized carbons (Fsp3) is 0.571. The zero-order valence-electron chi connectivity index (χ0n) is 11.5. The highest BCUT2D eigenvalue weighted by Crippen LogP contribution is 2.50. The van der Waals surface area contributed by atoms with Crippen molar-refractivity contribution in [3.8, 4) is 0 Å². The highest BCUT2D eigenvalue weighted by molar-refractivity contribution is 5.99. The molecule has 1 fully saturated rings. The second-order valence-corrected chi connectivity index (χ2v) is 5.72. The lowest BCUT2D eigenvalue weighted by atomic mass is 10.1. The van der Waals surface area contributed by atoms with Crippen molar-refractivity contribution in [2.45, 2.75) is 27.2 Å². The van der Waals surface area contributed by atoms with Gasteiger partial charge in [0.25, 0.3) is 5.91 Å². The number of carbonyl (C=O) groups excluding carboxylic acids is 1. The first-order chi connectivity index (χ1) is 8.44. The van der Waals surface area contributed by atoms with Crippen LogP contribution in [0.1, 0.15) is 36.3 Å². The molecule has 2 rings (SSSR count). The maximum atomic E-state index is 12.1. The molecule has 18 heavy (non-hydrogen) atoms. The van der Waals surface area contributed by atoms with E-state index < -0.39 is 0 Å². The number of hydrogen-bond donors (Lipinski definition) is 2. The van der Waals surface area contributed by atoms with Crippen LogP contribution in [0, 0.1) is 18.3 Å². The van der Waals surface area contributed by atoms with E-state index in [9.17, 15) is 4.79 Å². The Morgan fingerprint density at radius 2 is 2.22 bits per heavy atom. The number of pyridine rings is 1. The molecule has 4 heteroatoms. The number of aryl methyl sites for hydroxylation is 1. The first kappa shape index (κ1) is 12.9. The van der Waals surface area contributed by atoms with Gasteiger partial charge in [-0.25, -0.2) is 0 Å². The summed E-state index contributed by atoms with van der Waals surface area (Å²) in [7, 11) is 1.82. The van der Waals surface area contributed by atoms with Crippen molar-refractivity contribution in [2.75, 3.05) is 18.9 Å². The molecule has 1 heterocycles. The van der Waals surface area contributed by atoms with Gasteiger partial charge in [-0.05, 0) is 30.7 Å². The lowest BCUT2D eigenvalue weighted by molar-refractivity contribution is 0.0951. The Kier molecular flexibility index (Phi) is 3.28. The molecule has 0 saturated heterocycles. The van der Waals surface area contributed by atoms with Gasteiger partial charge in [-0.3, -0.25) is 9.78 Å². The molecule has 1 atom stereocenters. The first-order valence-corrected chi connectivity index (χ1v) is 6.36. The molecule has 98 valence electrons. The normalized spacial score (nSPS) is 20.3. The smallest absolute Gasteiger partial charge is 0.254 e. The van der Waals surface area contributed by atoms with Crippen molar-refractivity contribution < 1.29 is 4.79 Å². The molecule has 4 nitrogen and oxygen atoms in total. The molecule has 0 aliphatic heterocycles. The minimum Gasteiger partial charge on any atom is -0.387 e. The molecule has 0 aromatic carbocycles. The van der Waals surface area contributed by atoms with Crippen LogP contribution in [0.5, 0.6) is 0 Å². The van der Waals surface area contributed by atoms with Gasteiger partial charge in [-0.1, -0.05) is 13.8 Å². The van der Waals surface area contributed by atoms with Gasteiger partial charge in [0, 0.05) is 25.5 Å². The molecule has 1 amide bonds. The molecule has 0 bridgehead atoms. The predicted octanol–water partition coefficient (Wildman–Crippen LogP) is 2.21. The molecule has 1 aromatic rings. The minimum atomic E-state index is -0.0467. The molecule has 1 aliphatic carbocycles. The van der Waals surface area contributed by atoms with Gasteiger partial charge < -0.3 is 10.6 Å². The van der Waals surface area contributed by atoms with Crippen molar-refractivity contribution >= 4 is 11.6 Å². The number of amides is 1. The van der Waals surface area contributed by atoms with Gasteiger partial charge >= 0.3 is 0 Å². The Balaban J connectivity index is 2.00. The van der Waals surface area contributed by atoms with E-state index in [-0.39, 0.29) is 5.91 Å². The van der Waals surface area contributed by atoms with Gasteiger partial charge in [-0.15, -0.1) is 0 Å². The molecule has 1 aliphatic rings. The fourth-order valence-electron chi connectivity index (χ4n) is 2.18. The minimum absolute atomic E-state index is 0.0467. The Labute approximate surface area is 108 Å². The van der Waals surface area contributed by atoms with Gasteiger partial charge in [0.2, 0.25) is 0 Å². The average Bonchev–Trinajstić information content (AvgIpc) is 2.94. The Morgan fingerprint density at radius 3 is 2.78 bits per heavy atom. The number of aromatic nitrogens is 1. The van der Waals surface area contributed by atoms with Crippen molar-refractivity contribution in [1.29, 1.82) is 0 Å². The second kappa shape index (κ2) is 4.59. The second-order valence-electron chi connectivity index (χ2n) is 5.72. The van der Waals surface area contributed by atoms with Crippen LogP contribution in [-0.4, -0.2) is 24.5 Å². The molecular weight excluding hydrogens is 226 g/mol. The molecule has 0 spiro atoms. The molecule has 0 radical (unpaired) electrons. The number of nitrogens with one attached hydrogen (secondary N) is 2.